The number of imide groups is 1. The van der Waals surface area contributed by atoms with Gasteiger partial charge in [-0.1, -0.05) is 30.3 Å². The third-order valence-corrected chi connectivity index (χ3v) is 5.45. The Kier molecular flexibility index (Phi) is 6.68. The van der Waals surface area contributed by atoms with Crippen LogP contribution in [0.15, 0.2) is 72.4 Å². The molecule has 0 aliphatic carbocycles. The number of hydrogen-bond donors (Lipinski definition) is 1. The van der Waals surface area contributed by atoms with Crippen LogP contribution in [-0.2, 0) is 9.59 Å². The fourth-order valence-electron chi connectivity index (χ4n) is 4.10. The first-order chi connectivity index (χ1) is 16.4. The minimum atomic E-state index is -0.412. The van der Waals surface area contributed by atoms with Gasteiger partial charge in [-0.05, 0) is 80.8 Å². The molecule has 174 valence electrons. The largest absolute Gasteiger partial charge is 0.494 e. The molecule has 0 saturated heterocycles. The molecule has 0 unspecified atom stereocenters. The summed E-state index contributed by atoms with van der Waals surface area (Å²) in [5.74, 6) is 0.514. The summed E-state index contributed by atoms with van der Waals surface area (Å²) in [6, 6.07) is 20.3. The summed E-state index contributed by atoms with van der Waals surface area (Å²) in [6.07, 6.45) is 0. The lowest BCUT2D eigenvalue weighted by Gasteiger charge is -2.17. The van der Waals surface area contributed by atoms with Crippen molar-refractivity contribution in [3.8, 4) is 11.5 Å². The van der Waals surface area contributed by atoms with Crippen molar-refractivity contribution in [2.24, 2.45) is 0 Å². The molecule has 2 amide bonds. The first-order valence-electron chi connectivity index (χ1n) is 11.4. The summed E-state index contributed by atoms with van der Waals surface area (Å²) >= 11 is 0. The zero-order valence-corrected chi connectivity index (χ0v) is 19.8. The molecule has 34 heavy (non-hydrogen) atoms. The number of nitrogens with zero attached hydrogens (tertiary/aromatic N) is 1. The summed E-state index contributed by atoms with van der Waals surface area (Å²) in [6.45, 7) is 8.72. The van der Waals surface area contributed by atoms with Crippen LogP contribution < -0.4 is 19.7 Å². The maximum Gasteiger partial charge on any atom is 0.282 e. The highest BCUT2D eigenvalue weighted by Gasteiger charge is 2.40. The first kappa shape index (κ1) is 23.1. The second-order valence-electron chi connectivity index (χ2n) is 8.05. The van der Waals surface area contributed by atoms with E-state index in [2.05, 4.69) is 5.32 Å². The van der Waals surface area contributed by atoms with Crippen LogP contribution in [0.5, 0.6) is 11.5 Å². The SMILES string of the molecule is CCOc1ccc(C2=C(Nc3ccccc3OCC)C(=O)N(c3cc(C)cc(C)c3)C2=O)cc1. The monoisotopic (exact) mass is 456 g/mol. The Morgan fingerprint density at radius 1 is 0.794 bits per heavy atom. The number of rotatable bonds is 8. The normalized spacial score (nSPS) is 13.5. The van der Waals surface area contributed by atoms with Gasteiger partial charge in [-0.25, -0.2) is 4.90 Å². The summed E-state index contributed by atoms with van der Waals surface area (Å²) in [5.41, 5.74) is 4.25. The summed E-state index contributed by atoms with van der Waals surface area (Å²) < 4.78 is 11.3. The lowest BCUT2D eigenvalue weighted by molar-refractivity contribution is -0.120. The molecule has 0 radical (unpaired) electrons. The second-order valence-corrected chi connectivity index (χ2v) is 8.05. The van der Waals surface area contributed by atoms with Crippen molar-refractivity contribution in [1.29, 1.82) is 0 Å². The van der Waals surface area contributed by atoms with E-state index >= 15 is 0 Å². The van der Waals surface area contributed by atoms with E-state index in [1.54, 1.807) is 24.3 Å². The minimum Gasteiger partial charge on any atom is -0.494 e. The molecular formula is C28H28N2O4. The topological polar surface area (TPSA) is 67.9 Å². The molecule has 1 heterocycles. The zero-order valence-electron chi connectivity index (χ0n) is 19.8. The van der Waals surface area contributed by atoms with Crippen molar-refractivity contribution < 1.29 is 19.1 Å². The lowest BCUT2D eigenvalue weighted by Crippen LogP contribution is -2.32. The van der Waals surface area contributed by atoms with Gasteiger partial charge in [-0.15, -0.1) is 0 Å². The molecule has 3 aromatic carbocycles. The Bertz CT molecular complexity index is 1240. The standard InChI is InChI=1S/C28H28N2O4/c1-5-33-22-13-11-20(12-14-22)25-26(29-23-9-7-8-10-24(23)34-6-2)28(32)30(27(25)31)21-16-18(3)15-19(4)17-21/h7-17,29H,5-6H2,1-4H3. The summed E-state index contributed by atoms with van der Waals surface area (Å²) in [4.78, 5) is 28.6. The van der Waals surface area contributed by atoms with Gasteiger partial charge in [0.2, 0.25) is 0 Å². The number of aryl methyl sites for hydroxylation is 2. The van der Waals surface area contributed by atoms with Crippen molar-refractivity contribution >= 4 is 28.8 Å². The molecule has 6 nitrogen and oxygen atoms in total. The van der Waals surface area contributed by atoms with Gasteiger partial charge >= 0.3 is 0 Å². The number of carbonyl (C=O) groups is 2. The highest BCUT2D eigenvalue weighted by Crippen LogP contribution is 2.36. The molecule has 1 aliphatic rings. The fourth-order valence-corrected chi connectivity index (χ4v) is 4.10. The molecule has 4 rings (SSSR count). The Labute approximate surface area is 199 Å². The van der Waals surface area contributed by atoms with Crippen molar-refractivity contribution in [1.82, 2.24) is 0 Å². The van der Waals surface area contributed by atoms with E-state index in [0.717, 1.165) is 11.1 Å². The van der Waals surface area contributed by atoms with Gasteiger partial charge in [0.05, 0.1) is 30.2 Å². The summed E-state index contributed by atoms with van der Waals surface area (Å²) in [5, 5.41) is 3.20. The lowest BCUT2D eigenvalue weighted by atomic mass is 10.0. The van der Waals surface area contributed by atoms with Crippen LogP contribution in [0.25, 0.3) is 5.57 Å². The number of amides is 2. The van der Waals surface area contributed by atoms with Crippen molar-refractivity contribution in [3.05, 3.63) is 89.1 Å². The molecular weight excluding hydrogens is 428 g/mol. The molecule has 0 aromatic heterocycles. The van der Waals surface area contributed by atoms with Crippen molar-refractivity contribution in [2.45, 2.75) is 27.7 Å². The Hall–Kier alpha value is -4.06. The Balaban J connectivity index is 1.82. The molecule has 0 fully saturated rings. The van der Waals surface area contributed by atoms with Gasteiger partial charge in [0.25, 0.3) is 11.8 Å². The van der Waals surface area contributed by atoms with Gasteiger partial charge in [0.1, 0.15) is 17.2 Å². The van der Waals surface area contributed by atoms with E-state index in [0.29, 0.717) is 47.2 Å². The van der Waals surface area contributed by atoms with Gasteiger partial charge < -0.3 is 14.8 Å². The second kappa shape index (κ2) is 9.83. The van der Waals surface area contributed by atoms with Gasteiger partial charge in [-0.2, -0.15) is 0 Å². The van der Waals surface area contributed by atoms with Crippen LogP contribution in [0.3, 0.4) is 0 Å². The number of benzene rings is 3. The van der Waals surface area contributed by atoms with Crippen LogP contribution in [0.2, 0.25) is 0 Å². The quantitative estimate of drug-likeness (QED) is 0.454. The van der Waals surface area contributed by atoms with E-state index in [1.165, 1.54) is 4.90 Å². The first-order valence-corrected chi connectivity index (χ1v) is 11.4. The number of ether oxygens (including phenoxy) is 2. The number of carbonyl (C=O) groups excluding carboxylic acids is 2. The van der Waals surface area contributed by atoms with Crippen molar-refractivity contribution in [2.75, 3.05) is 23.4 Å². The molecule has 1 aliphatic heterocycles. The van der Waals surface area contributed by atoms with Crippen LogP contribution in [0.1, 0.15) is 30.5 Å². The number of nitrogens with one attached hydrogen (secondary N) is 1. The molecule has 0 saturated carbocycles. The fraction of sp³-hybridized carbons (Fsp3) is 0.214. The Morgan fingerprint density at radius 3 is 2.09 bits per heavy atom. The average Bonchev–Trinajstić information content (AvgIpc) is 3.05. The minimum absolute atomic E-state index is 0.209. The molecule has 0 spiro atoms. The maximum absolute atomic E-state index is 13.7. The van der Waals surface area contributed by atoms with Crippen LogP contribution in [0, 0.1) is 13.8 Å². The number of para-hydroxylation sites is 2. The predicted molar refractivity (Wildman–Crippen MR) is 134 cm³/mol. The highest BCUT2D eigenvalue weighted by molar-refractivity contribution is 6.46. The van der Waals surface area contributed by atoms with Crippen LogP contribution >= 0.6 is 0 Å². The average molecular weight is 457 g/mol. The number of anilines is 2. The summed E-state index contributed by atoms with van der Waals surface area (Å²) in [7, 11) is 0. The molecule has 1 N–H and O–H groups in total. The predicted octanol–water partition coefficient (Wildman–Crippen LogP) is 5.50. The van der Waals surface area contributed by atoms with E-state index in [9.17, 15) is 9.59 Å². The highest BCUT2D eigenvalue weighted by atomic mass is 16.5. The smallest absolute Gasteiger partial charge is 0.282 e. The van der Waals surface area contributed by atoms with E-state index < -0.39 is 5.91 Å². The molecule has 0 bridgehead atoms. The van der Waals surface area contributed by atoms with Gasteiger partial charge in [0.15, 0.2) is 0 Å². The van der Waals surface area contributed by atoms with Crippen LogP contribution in [0.4, 0.5) is 11.4 Å². The maximum atomic E-state index is 13.7. The van der Waals surface area contributed by atoms with Gasteiger partial charge in [0, 0.05) is 0 Å². The van der Waals surface area contributed by atoms with Gasteiger partial charge in [-0.3, -0.25) is 9.59 Å². The van der Waals surface area contributed by atoms with E-state index in [4.69, 9.17) is 9.47 Å². The molecule has 0 atom stereocenters. The van der Waals surface area contributed by atoms with E-state index in [1.807, 2.05) is 70.2 Å². The molecule has 3 aromatic rings. The zero-order chi connectivity index (χ0) is 24.2. The third kappa shape index (κ3) is 4.53. The van der Waals surface area contributed by atoms with Crippen molar-refractivity contribution in [3.63, 3.8) is 0 Å². The Morgan fingerprint density at radius 2 is 1.44 bits per heavy atom. The third-order valence-electron chi connectivity index (χ3n) is 5.45. The van der Waals surface area contributed by atoms with Crippen LogP contribution in [-0.4, -0.2) is 25.0 Å². The molecule has 6 heteroatoms. The number of hydrogen-bond acceptors (Lipinski definition) is 5. The van der Waals surface area contributed by atoms with E-state index in [-0.39, 0.29) is 11.6 Å².